The SMILES string of the molecule is CC(C)Oc1ccc(Cl)cc1C=Nc1sc2c(c1C(=O)NCc1ccco1)CCCC2. The Morgan fingerprint density at radius 1 is 1.32 bits per heavy atom. The molecule has 0 spiro atoms. The van der Waals surface area contributed by atoms with Crippen LogP contribution in [-0.4, -0.2) is 18.2 Å². The Kier molecular flexibility index (Phi) is 6.78. The molecule has 0 aliphatic heterocycles. The molecule has 0 unspecified atom stereocenters. The van der Waals surface area contributed by atoms with Crippen molar-refractivity contribution in [2.24, 2.45) is 4.99 Å². The number of rotatable bonds is 7. The number of nitrogens with zero attached hydrogens (tertiary/aromatic N) is 1. The van der Waals surface area contributed by atoms with E-state index in [4.69, 9.17) is 25.7 Å². The standard InChI is InChI=1S/C24H25ClN2O3S/c1-15(2)30-20-10-9-17(25)12-16(20)13-27-24-22(19-7-3-4-8-21(19)31-24)23(28)26-14-18-6-5-11-29-18/h5-6,9-13,15H,3-4,7-8,14H2,1-2H3,(H,26,28). The number of amides is 1. The molecule has 0 saturated carbocycles. The number of hydrogen-bond acceptors (Lipinski definition) is 5. The minimum absolute atomic E-state index is 0.0327. The summed E-state index contributed by atoms with van der Waals surface area (Å²) in [7, 11) is 0. The summed E-state index contributed by atoms with van der Waals surface area (Å²) in [5.41, 5.74) is 2.59. The lowest BCUT2D eigenvalue weighted by molar-refractivity contribution is 0.0948. The number of halogens is 1. The minimum atomic E-state index is -0.118. The van der Waals surface area contributed by atoms with Crippen molar-refractivity contribution in [1.29, 1.82) is 0 Å². The van der Waals surface area contributed by atoms with E-state index < -0.39 is 0 Å². The molecule has 0 fully saturated rings. The van der Waals surface area contributed by atoms with Crippen molar-refractivity contribution in [3.05, 3.63) is 68.9 Å². The summed E-state index contributed by atoms with van der Waals surface area (Å²) in [5, 5.41) is 4.31. The number of furan rings is 1. The first-order valence-corrected chi connectivity index (χ1v) is 11.7. The Morgan fingerprint density at radius 3 is 2.94 bits per heavy atom. The van der Waals surface area contributed by atoms with Crippen LogP contribution in [0.15, 0.2) is 46.0 Å². The predicted octanol–water partition coefficient (Wildman–Crippen LogP) is 6.34. The van der Waals surface area contributed by atoms with E-state index in [0.29, 0.717) is 22.9 Å². The first-order valence-electron chi connectivity index (χ1n) is 10.5. The van der Waals surface area contributed by atoms with Gasteiger partial charge in [-0.25, -0.2) is 4.99 Å². The van der Waals surface area contributed by atoms with Gasteiger partial charge in [-0.3, -0.25) is 4.79 Å². The van der Waals surface area contributed by atoms with Gasteiger partial charge in [0.2, 0.25) is 0 Å². The van der Waals surface area contributed by atoms with Crippen molar-refractivity contribution in [1.82, 2.24) is 5.32 Å². The van der Waals surface area contributed by atoms with Crippen LogP contribution in [0.2, 0.25) is 5.02 Å². The lowest BCUT2D eigenvalue weighted by Gasteiger charge is -2.13. The number of aryl methyl sites for hydroxylation is 1. The van der Waals surface area contributed by atoms with Gasteiger partial charge in [-0.1, -0.05) is 11.6 Å². The molecule has 1 aliphatic rings. The zero-order valence-corrected chi connectivity index (χ0v) is 19.2. The molecule has 7 heteroatoms. The maximum Gasteiger partial charge on any atom is 0.255 e. The van der Waals surface area contributed by atoms with Crippen molar-refractivity contribution in [3.8, 4) is 5.75 Å². The molecule has 2 heterocycles. The van der Waals surface area contributed by atoms with Gasteiger partial charge in [0, 0.05) is 21.7 Å². The smallest absolute Gasteiger partial charge is 0.255 e. The molecule has 31 heavy (non-hydrogen) atoms. The number of thiophene rings is 1. The van der Waals surface area contributed by atoms with Crippen LogP contribution in [0.5, 0.6) is 5.75 Å². The van der Waals surface area contributed by atoms with E-state index in [0.717, 1.165) is 47.6 Å². The van der Waals surface area contributed by atoms with Gasteiger partial charge >= 0.3 is 0 Å². The number of aliphatic imine (C=N–C) groups is 1. The van der Waals surface area contributed by atoms with E-state index in [2.05, 4.69) is 5.32 Å². The largest absolute Gasteiger partial charge is 0.490 e. The molecule has 0 radical (unpaired) electrons. The quantitative estimate of drug-likeness (QED) is 0.422. The van der Waals surface area contributed by atoms with Crippen molar-refractivity contribution >= 4 is 40.1 Å². The summed E-state index contributed by atoms with van der Waals surface area (Å²) < 4.78 is 11.2. The van der Waals surface area contributed by atoms with E-state index in [1.54, 1.807) is 29.9 Å². The molecule has 162 valence electrons. The lowest BCUT2D eigenvalue weighted by atomic mass is 9.95. The third kappa shape index (κ3) is 5.20. The number of carbonyl (C=O) groups excluding carboxylic acids is 1. The highest BCUT2D eigenvalue weighted by Gasteiger charge is 2.25. The van der Waals surface area contributed by atoms with Gasteiger partial charge in [0.05, 0.1) is 24.5 Å². The van der Waals surface area contributed by atoms with Crippen LogP contribution in [0.1, 0.15) is 58.8 Å². The van der Waals surface area contributed by atoms with Gasteiger partial charge in [0.15, 0.2) is 0 Å². The molecular formula is C24H25ClN2O3S. The molecule has 1 aliphatic carbocycles. The van der Waals surface area contributed by atoms with Gasteiger partial charge in [0.1, 0.15) is 16.5 Å². The zero-order chi connectivity index (χ0) is 21.8. The average Bonchev–Trinajstić information content (AvgIpc) is 3.39. The summed E-state index contributed by atoms with van der Waals surface area (Å²) in [5.74, 6) is 1.32. The van der Waals surface area contributed by atoms with Crippen LogP contribution in [0, 0.1) is 0 Å². The van der Waals surface area contributed by atoms with Crippen molar-refractivity contribution in [2.45, 2.75) is 52.2 Å². The van der Waals surface area contributed by atoms with Crippen molar-refractivity contribution in [3.63, 3.8) is 0 Å². The van der Waals surface area contributed by atoms with E-state index >= 15 is 0 Å². The predicted molar refractivity (Wildman–Crippen MR) is 125 cm³/mol. The number of carbonyl (C=O) groups is 1. The van der Waals surface area contributed by atoms with E-state index in [-0.39, 0.29) is 12.0 Å². The summed E-state index contributed by atoms with van der Waals surface area (Å²) in [6, 6.07) is 9.13. The van der Waals surface area contributed by atoms with Crippen LogP contribution in [-0.2, 0) is 19.4 Å². The first kappa shape index (κ1) is 21.7. The third-order valence-corrected chi connectivity index (χ3v) is 6.47. The number of nitrogens with one attached hydrogen (secondary N) is 1. The summed E-state index contributed by atoms with van der Waals surface area (Å²) >= 11 is 7.80. The Hall–Kier alpha value is -2.57. The number of fused-ring (bicyclic) bond motifs is 1. The fourth-order valence-electron chi connectivity index (χ4n) is 3.66. The zero-order valence-electron chi connectivity index (χ0n) is 17.6. The van der Waals surface area contributed by atoms with E-state index in [9.17, 15) is 4.79 Å². The summed E-state index contributed by atoms with van der Waals surface area (Å²) in [6.07, 6.45) is 7.51. The van der Waals surface area contributed by atoms with E-state index in [1.165, 1.54) is 4.88 Å². The third-order valence-electron chi connectivity index (χ3n) is 5.04. The van der Waals surface area contributed by atoms with Crippen LogP contribution in [0.3, 0.4) is 0 Å². The summed E-state index contributed by atoms with van der Waals surface area (Å²) in [4.78, 5) is 19.1. The Labute approximate surface area is 191 Å². The topological polar surface area (TPSA) is 63.8 Å². The molecule has 1 aromatic carbocycles. The van der Waals surface area contributed by atoms with Gasteiger partial charge in [0.25, 0.3) is 5.91 Å². The van der Waals surface area contributed by atoms with E-state index in [1.807, 2.05) is 38.1 Å². The lowest BCUT2D eigenvalue weighted by Crippen LogP contribution is -2.23. The molecule has 4 rings (SSSR count). The number of benzene rings is 1. The van der Waals surface area contributed by atoms with Gasteiger partial charge in [-0.2, -0.15) is 0 Å². The summed E-state index contributed by atoms with van der Waals surface area (Å²) in [6.45, 7) is 4.30. The fourth-order valence-corrected chi connectivity index (χ4v) is 5.07. The van der Waals surface area contributed by atoms with Crippen LogP contribution >= 0.6 is 22.9 Å². The minimum Gasteiger partial charge on any atom is -0.490 e. The monoisotopic (exact) mass is 456 g/mol. The maximum absolute atomic E-state index is 13.1. The fraction of sp³-hybridized carbons (Fsp3) is 0.333. The molecule has 2 aromatic heterocycles. The highest BCUT2D eigenvalue weighted by atomic mass is 35.5. The molecule has 5 nitrogen and oxygen atoms in total. The number of hydrogen-bond donors (Lipinski definition) is 1. The first-order chi connectivity index (χ1) is 15.0. The second-order valence-electron chi connectivity index (χ2n) is 7.76. The Morgan fingerprint density at radius 2 is 2.16 bits per heavy atom. The van der Waals surface area contributed by atoms with Gasteiger partial charge < -0.3 is 14.5 Å². The molecule has 0 atom stereocenters. The van der Waals surface area contributed by atoms with Gasteiger partial charge in [-0.15, -0.1) is 11.3 Å². The van der Waals surface area contributed by atoms with Crippen LogP contribution in [0.4, 0.5) is 5.00 Å². The normalized spacial score (nSPS) is 13.5. The molecule has 0 bridgehead atoms. The van der Waals surface area contributed by atoms with Crippen LogP contribution in [0.25, 0.3) is 0 Å². The van der Waals surface area contributed by atoms with Crippen molar-refractivity contribution in [2.75, 3.05) is 0 Å². The molecule has 3 aromatic rings. The number of ether oxygens (including phenoxy) is 1. The maximum atomic E-state index is 13.1. The molecule has 1 N–H and O–H groups in total. The Bertz CT molecular complexity index is 1090. The average molecular weight is 457 g/mol. The molecule has 0 saturated heterocycles. The Balaban J connectivity index is 1.65. The molecular weight excluding hydrogens is 432 g/mol. The second-order valence-corrected chi connectivity index (χ2v) is 9.28. The van der Waals surface area contributed by atoms with Crippen molar-refractivity contribution < 1.29 is 13.9 Å². The highest BCUT2D eigenvalue weighted by molar-refractivity contribution is 7.16. The van der Waals surface area contributed by atoms with Gasteiger partial charge in [-0.05, 0) is 75.4 Å². The van der Waals surface area contributed by atoms with Crippen LogP contribution < -0.4 is 10.1 Å². The second kappa shape index (κ2) is 9.71. The highest BCUT2D eigenvalue weighted by Crippen LogP contribution is 2.40. The molecule has 1 amide bonds.